The van der Waals surface area contributed by atoms with Crippen LogP contribution in [-0.4, -0.2) is 33.7 Å². The Hall–Kier alpha value is -6.44. The molecule has 0 aromatic heterocycles. The molecule has 5 aromatic carbocycles. The number of hydrazine groups is 1. The summed E-state index contributed by atoms with van der Waals surface area (Å²) >= 11 is 0. The molecule has 4 aliphatic rings. The maximum atomic E-state index is 15.5. The van der Waals surface area contributed by atoms with E-state index in [1.54, 1.807) is 84.9 Å². The summed E-state index contributed by atoms with van der Waals surface area (Å²) in [6.07, 6.45) is -9.14. The molecule has 59 heavy (non-hydrogen) atoms. The molecule has 2 heterocycles. The number of hydrogen-bond acceptors (Lipinski definition) is 6. The zero-order valence-electron chi connectivity index (χ0n) is 31.0. The van der Waals surface area contributed by atoms with Crippen molar-refractivity contribution in [2.24, 2.45) is 23.7 Å². The lowest BCUT2D eigenvalue weighted by Gasteiger charge is -2.51. The van der Waals surface area contributed by atoms with Crippen molar-refractivity contribution in [1.82, 2.24) is 5.01 Å². The predicted octanol–water partition coefficient (Wildman–Crippen LogP) is 9.08. The fraction of sp³-hybridized carbons (Fsp3) is 0.244. The van der Waals surface area contributed by atoms with Gasteiger partial charge in [0, 0.05) is 11.5 Å². The van der Waals surface area contributed by atoms with Gasteiger partial charge < -0.3 is 5.11 Å². The van der Waals surface area contributed by atoms with Crippen LogP contribution in [0.5, 0.6) is 5.75 Å². The molecule has 0 spiro atoms. The lowest BCUT2D eigenvalue weighted by atomic mass is 9.48. The van der Waals surface area contributed by atoms with E-state index in [4.69, 9.17) is 0 Å². The van der Waals surface area contributed by atoms with Crippen molar-refractivity contribution in [2.45, 2.75) is 43.5 Å². The average Bonchev–Trinajstić information content (AvgIpc) is 3.59. The highest BCUT2D eigenvalue weighted by Crippen LogP contribution is 2.65. The molecule has 1 saturated carbocycles. The molecule has 3 fully saturated rings. The van der Waals surface area contributed by atoms with E-state index in [0.717, 1.165) is 10.6 Å². The van der Waals surface area contributed by atoms with Crippen LogP contribution < -0.4 is 10.3 Å². The quantitative estimate of drug-likeness (QED) is 0.104. The van der Waals surface area contributed by atoms with Crippen LogP contribution in [0.4, 0.5) is 37.7 Å². The van der Waals surface area contributed by atoms with Gasteiger partial charge in [-0.2, -0.15) is 31.4 Å². The Labute approximate surface area is 332 Å². The maximum Gasteiger partial charge on any atom is 0.416 e. The van der Waals surface area contributed by atoms with Gasteiger partial charge in [-0.3, -0.25) is 24.6 Å². The van der Waals surface area contributed by atoms with Gasteiger partial charge in [0.2, 0.25) is 11.8 Å². The Morgan fingerprint density at radius 1 is 0.729 bits per heavy atom. The number of imide groups is 2. The molecule has 6 atom stereocenters. The highest BCUT2D eigenvalue weighted by Gasteiger charge is 2.71. The number of fused-ring (bicyclic) bond motifs is 5. The topological polar surface area (TPSA) is 107 Å². The number of benzene rings is 5. The minimum Gasteiger partial charge on any atom is -0.508 e. The van der Waals surface area contributed by atoms with Crippen LogP contribution in [-0.2, 0) is 36.9 Å². The van der Waals surface area contributed by atoms with E-state index in [2.05, 4.69) is 5.43 Å². The van der Waals surface area contributed by atoms with Gasteiger partial charge in [-0.05, 0) is 78.4 Å². The molecule has 2 aliphatic heterocycles. The Kier molecular flexibility index (Phi) is 8.59. The van der Waals surface area contributed by atoms with E-state index < -0.39 is 87.8 Å². The number of aryl methyl sites for hydroxylation is 1. The largest absolute Gasteiger partial charge is 0.508 e. The summed E-state index contributed by atoms with van der Waals surface area (Å²) in [6, 6.07) is 26.5. The average molecular weight is 810 g/mol. The molecule has 300 valence electrons. The molecule has 0 unspecified atom stereocenters. The maximum absolute atomic E-state index is 15.5. The van der Waals surface area contributed by atoms with Crippen LogP contribution in [0.1, 0.15) is 46.6 Å². The van der Waals surface area contributed by atoms with Crippen molar-refractivity contribution in [3.63, 3.8) is 0 Å². The van der Waals surface area contributed by atoms with Crippen LogP contribution in [0, 0.1) is 30.6 Å². The first-order chi connectivity index (χ1) is 28.0. The molecule has 2 N–H and O–H groups in total. The van der Waals surface area contributed by atoms with E-state index in [9.17, 15) is 45.8 Å². The van der Waals surface area contributed by atoms with E-state index in [1.165, 1.54) is 6.07 Å². The number of anilines is 2. The Morgan fingerprint density at radius 3 is 2.03 bits per heavy atom. The molecule has 0 radical (unpaired) electrons. The number of hydrogen-bond donors (Lipinski definition) is 2. The highest BCUT2D eigenvalue weighted by molar-refractivity contribution is 6.23. The molecule has 0 bridgehead atoms. The summed E-state index contributed by atoms with van der Waals surface area (Å²) in [5.74, 6) is -9.46. The molecule has 2 saturated heterocycles. The Bertz CT molecular complexity index is 2590. The lowest BCUT2D eigenvalue weighted by molar-refractivity contribution is -0.143. The zero-order chi connectivity index (χ0) is 41.8. The number of nitrogens with one attached hydrogen (secondary N) is 1. The summed E-state index contributed by atoms with van der Waals surface area (Å²) < 4.78 is 83.9. The van der Waals surface area contributed by atoms with Gasteiger partial charge in [0.05, 0.1) is 45.7 Å². The SMILES string of the molecule is Cc1ccc(NN2C(=O)[C@@H]3C[C@@H]4C(=CC[C@@H]5C(=O)N(c6cc(C(F)(F)F)cc(C(F)(F)F)c6)C(=O)[C@@H]54)[C@H](c4c(O)ccc5ccccc45)[C@]3(c3ccccc3)C2=O)cc1. The van der Waals surface area contributed by atoms with Crippen LogP contribution in [0.3, 0.4) is 0 Å². The van der Waals surface area contributed by atoms with Crippen LogP contribution in [0.25, 0.3) is 10.8 Å². The fourth-order valence-electron chi connectivity index (χ4n) is 9.97. The number of carbonyl (C=O) groups excluding carboxylic acids is 4. The third-order valence-corrected chi connectivity index (χ3v) is 12.5. The van der Waals surface area contributed by atoms with Crippen molar-refractivity contribution < 1.29 is 50.6 Å². The third-order valence-electron chi connectivity index (χ3n) is 12.5. The zero-order valence-corrected chi connectivity index (χ0v) is 31.0. The fourth-order valence-corrected chi connectivity index (χ4v) is 9.97. The van der Waals surface area contributed by atoms with Gasteiger partial charge in [-0.25, -0.2) is 4.90 Å². The highest BCUT2D eigenvalue weighted by atomic mass is 19.4. The summed E-state index contributed by atoms with van der Waals surface area (Å²) in [7, 11) is 0. The number of amides is 4. The molecule has 5 aromatic rings. The van der Waals surface area contributed by atoms with Crippen molar-refractivity contribution in [2.75, 3.05) is 10.3 Å². The number of carbonyl (C=O) groups is 4. The normalized spacial score (nSPS) is 25.5. The molecule has 2 aliphatic carbocycles. The minimum atomic E-state index is -5.24. The van der Waals surface area contributed by atoms with Gasteiger partial charge in [-0.15, -0.1) is 0 Å². The monoisotopic (exact) mass is 809 g/mol. The second-order valence-electron chi connectivity index (χ2n) is 15.6. The number of rotatable bonds is 5. The van der Waals surface area contributed by atoms with Gasteiger partial charge in [-0.1, -0.05) is 90.0 Å². The summed E-state index contributed by atoms with van der Waals surface area (Å²) in [5.41, 5.74) is -0.508. The second kappa shape index (κ2) is 13.3. The van der Waals surface area contributed by atoms with Gasteiger partial charge in [0.1, 0.15) is 5.75 Å². The van der Waals surface area contributed by atoms with E-state index in [1.807, 2.05) is 13.0 Å². The number of aromatic hydroxyl groups is 1. The first kappa shape index (κ1) is 38.1. The minimum absolute atomic E-state index is 0.0775. The molecule has 4 amide bonds. The number of alkyl halides is 6. The Morgan fingerprint density at radius 2 is 1.37 bits per heavy atom. The second-order valence-corrected chi connectivity index (χ2v) is 15.6. The molecule has 8 nitrogen and oxygen atoms in total. The summed E-state index contributed by atoms with van der Waals surface area (Å²) in [6.45, 7) is 1.87. The van der Waals surface area contributed by atoms with Crippen LogP contribution in [0.2, 0.25) is 0 Å². The standard InChI is InChI=1S/C45H33F6N3O5/c1-23-11-14-28(15-12-23)52-54-40(57)34-22-33-31(16-17-32-36(33)41(58)53(39(32)56)29-20-26(44(46,47)48)19-27(21-29)45(49,50)51)38(43(34,42(54)59)25-8-3-2-4-9-25)37-30-10-6-5-7-24(30)13-18-35(37)55/h2-16,18-21,32-34,36,38,52,55H,17,22H2,1H3/t32-,33+,34-,36-,38+,43+/m0/s1. The predicted molar refractivity (Wildman–Crippen MR) is 203 cm³/mol. The lowest BCUT2D eigenvalue weighted by Crippen LogP contribution is -2.53. The number of allylic oxidation sites excluding steroid dienone is 2. The van der Waals surface area contributed by atoms with E-state index in [0.29, 0.717) is 44.6 Å². The number of halogens is 6. The first-order valence-corrected chi connectivity index (χ1v) is 18.9. The Balaban J connectivity index is 1.25. The van der Waals surface area contributed by atoms with E-state index >= 15 is 4.79 Å². The van der Waals surface area contributed by atoms with Crippen molar-refractivity contribution >= 4 is 45.8 Å². The van der Waals surface area contributed by atoms with Gasteiger partial charge >= 0.3 is 12.4 Å². The third kappa shape index (κ3) is 5.74. The first-order valence-electron chi connectivity index (χ1n) is 18.9. The molecule has 14 heteroatoms. The molecular weight excluding hydrogens is 776 g/mol. The molecule has 9 rings (SSSR count). The summed E-state index contributed by atoms with van der Waals surface area (Å²) in [5, 5.41) is 14.1. The van der Waals surface area contributed by atoms with Crippen molar-refractivity contribution in [3.05, 3.63) is 149 Å². The van der Waals surface area contributed by atoms with Crippen LogP contribution in [0.15, 0.2) is 121 Å². The van der Waals surface area contributed by atoms with Crippen LogP contribution >= 0.6 is 0 Å². The smallest absolute Gasteiger partial charge is 0.416 e. The summed E-state index contributed by atoms with van der Waals surface area (Å²) in [4.78, 5) is 59.7. The number of phenols is 1. The van der Waals surface area contributed by atoms with Crippen molar-refractivity contribution in [3.8, 4) is 5.75 Å². The van der Waals surface area contributed by atoms with Gasteiger partial charge in [0.25, 0.3) is 11.8 Å². The van der Waals surface area contributed by atoms with Crippen molar-refractivity contribution in [1.29, 1.82) is 0 Å². The number of nitrogens with zero attached hydrogens (tertiary/aromatic N) is 2. The van der Waals surface area contributed by atoms with Gasteiger partial charge in [0.15, 0.2) is 0 Å². The molecular formula is C45H33F6N3O5. The number of phenolic OH excluding ortho intramolecular Hbond substituents is 1. The van der Waals surface area contributed by atoms with E-state index in [-0.39, 0.29) is 30.2 Å².